The van der Waals surface area contributed by atoms with Crippen molar-refractivity contribution in [2.75, 3.05) is 13.1 Å². The van der Waals surface area contributed by atoms with Crippen molar-refractivity contribution in [3.8, 4) is 0 Å². The normalized spacial score (nSPS) is 16.8. The van der Waals surface area contributed by atoms with Crippen molar-refractivity contribution in [3.05, 3.63) is 24.0 Å². The molecule has 1 aromatic heterocycles. The van der Waals surface area contributed by atoms with Crippen molar-refractivity contribution in [3.63, 3.8) is 0 Å². The quantitative estimate of drug-likeness (QED) is 0.836. The van der Waals surface area contributed by atoms with Crippen molar-refractivity contribution in [2.45, 2.75) is 19.3 Å². The molecular formula is C13H19N3O2. The first-order valence-electron chi connectivity index (χ1n) is 6.24. The van der Waals surface area contributed by atoms with E-state index in [9.17, 15) is 9.59 Å². The second-order valence-corrected chi connectivity index (χ2v) is 4.92. The van der Waals surface area contributed by atoms with Crippen LogP contribution < -0.4 is 5.73 Å². The Morgan fingerprint density at radius 2 is 2.06 bits per heavy atom. The highest BCUT2D eigenvalue weighted by Gasteiger charge is 2.25. The Hall–Kier alpha value is -1.78. The van der Waals surface area contributed by atoms with Gasteiger partial charge in [-0.15, -0.1) is 0 Å². The summed E-state index contributed by atoms with van der Waals surface area (Å²) in [4.78, 5) is 24.9. The molecule has 0 aromatic carbocycles. The minimum atomic E-state index is -0.245. The fourth-order valence-corrected chi connectivity index (χ4v) is 2.37. The molecule has 2 rings (SSSR count). The summed E-state index contributed by atoms with van der Waals surface area (Å²) in [5.74, 6) is -0.181. The van der Waals surface area contributed by atoms with Crippen LogP contribution in [-0.4, -0.2) is 34.4 Å². The molecule has 1 fully saturated rings. The van der Waals surface area contributed by atoms with Gasteiger partial charge >= 0.3 is 0 Å². The van der Waals surface area contributed by atoms with Gasteiger partial charge in [-0.25, -0.2) is 0 Å². The van der Waals surface area contributed by atoms with Crippen LogP contribution in [-0.2, 0) is 23.1 Å². The maximum absolute atomic E-state index is 12.1. The Labute approximate surface area is 107 Å². The van der Waals surface area contributed by atoms with Crippen molar-refractivity contribution >= 4 is 11.8 Å². The van der Waals surface area contributed by atoms with Gasteiger partial charge in [-0.05, 0) is 24.5 Å². The first-order chi connectivity index (χ1) is 8.56. The maximum Gasteiger partial charge on any atom is 0.227 e. The van der Waals surface area contributed by atoms with E-state index in [1.807, 2.05) is 35.0 Å². The highest BCUT2D eigenvalue weighted by atomic mass is 16.2. The largest absolute Gasteiger partial charge is 0.369 e. The van der Waals surface area contributed by atoms with E-state index >= 15 is 0 Å². The molecule has 1 saturated heterocycles. The number of nitrogens with two attached hydrogens (primary N) is 1. The number of aromatic nitrogens is 1. The molecule has 0 unspecified atom stereocenters. The SMILES string of the molecule is Cn1ccc(CC(=O)N2CCC(C(N)=O)CC2)c1. The zero-order chi connectivity index (χ0) is 13.1. The van der Waals surface area contributed by atoms with Crippen LogP contribution in [0.3, 0.4) is 0 Å². The minimum absolute atomic E-state index is 0.0641. The summed E-state index contributed by atoms with van der Waals surface area (Å²) in [6, 6.07) is 1.95. The molecule has 5 heteroatoms. The lowest BCUT2D eigenvalue weighted by atomic mass is 9.96. The van der Waals surface area contributed by atoms with Gasteiger partial charge in [0.15, 0.2) is 0 Å². The fourth-order valence-electron chi connectivity index (χ4n) is 2.37. The van der Waals surface area contributed by atoms with Gasteiger partial charge in [-0.1, -0.05) is 0 Å². The molecule has 0 bridgehead atoms. The Morgan fingerprint density at radius 1 is 1.39 bits per heavy atom. The van der Waals surface area contributed by atoms with E-state index in [-0.39, 0.29) is 17.7 Å². The third kappa shape index (κ3) is 2.91. The molecule has 1 aromatic rings. The van der Waals surface area contributed by atoms with E-state index in [1.54, 1.807) is 0 Å². The van der Waals surface area contributed by atoms with E-state index in [0.29, 0.717) is 32.4 Å². The van der Waals surface area contributed by atoms with Crippen LogP contribution in [0.1, 0.15) is 18.4 Å². The number of aryl methyl sites for hydroxylation is 1. The number of carbonyl (C=O) groups excluding carboxylic acids is 2. The molecule has 18 heavy (non-hydrogen) atoms. The molecular weight excluding hydrogens is 230 g/mol. The second kappa shape index (κ2) is 5.25. The maximum atomic E-state index is 12.1. The molecule has 1 aliphatic heterocycles. The number of likely N-dealkylation sites (tertiary alicyclic amines) is 1. The first kappa shape index (κ1) is 12.7. The number of piperidine rings is 1. The van der Waals surface area contributed by atoms with Crippen LogP contribution >= 0.6 is 0 Å². The summed E-state index contributed by atoms with van der Waals surface area (Å²) >= 11 is 0. The van der Waals surface area contributed by atoms with E-state index in [2.05, 4.69) is 0 Å². The monoisotopic (exact) mass is 249 g/mol. The highest BCUT2D eigenvalue weighted by Crippen LogP contribution is 2.17. The Kier molecular flexibility index (Phi) is 3.69. The molecule has 2 heterocycles. The molecule has 0 saturated carbocycles. The van der Waals surface area contributed by atoms with Crippen LogP contribution in [0, 0.1) is 5.92 Å². The average Bonchev–Trinajstić information content (AvgIpc) is 2.75. The zero-order valence-electron chi connectivity index (χ0n) is 10.6. The smallest absolute Gasteiger partial charge is 0.227 e. The van der Waals surface area contributed by atoms with Crippen molar-refractivity contribution in [2.24, 2.45) is 18.7 Å². The van der Waals surface area contributed by atoms with Crippen molar-refractivity contribution in [1.29, 1.82) is 0 Å². The average molecular weight is 249 g/mol. The fraction of sp³-hybridized carbons (Fsp3) is 0.538. The van der Waals surface area contributed by atoms with Crippen LogP contribution in [0.15, 0.2) is 18.5 Å². The Bertz CT molecular complexity index is 445. The second-order valence-electron chi connectivity index (χ2n) is 4.92. The van der Waals surface area contributed by atoms with E-state index in [4.69, 9.17) is 5.73 Å². The highest BCUT2D eigenvalue weighted by molar-refractivity contribution is 5.80. The lowest BCUT2D eigenvalue weighted by Gasteiger charge is -2.30. The molecule has 1 aliphatic rings. The molecule has 0 atom stereocenters. The third-order valence-corrected chi connectivity index (χ3v) is 3.50. The van der Waals surface area contributed by atoms with Crippen LogP contribution in [0.25, 0.3) is 0 Å². The standard InChI is InChI=1S/C13H19N3O2/c1-15-5-2-10(9-15)8-12(17)16-6-3-11(4-7-16)13(14)18/h2,5,9,11H,3-4,6-8H2,1H3,(H2,14,18). The minimum Gasteiger partial charge on any atom is -0.369 e. The summed E-state index contributed by atoms with van der Waals surface area (Å²) in [5, 5.41) is 0. The summed E-state index contributed by atoms with van der Waals surface area (Å²) in [7, 11) is 1.94. The van der Waals surface area contributed by atoms with Crippen LogP contribution in [0.4, 0.5) is 0 Å². The number of hydrogen-bond donors (Lipinski definition) is 1. The van der Waals surface area contributed by atoms with Crippen LogP contribution in [0.5, 0.6) is 0 Å². The molecule has 0 radical (unpaired) electrons. The topological polar surface area (TPSA) is 68.3 Å². The Balaban J connectivity index is 1.86. The molecule has 0 spiro atoms. The van der Waals surface area contributed by atoms with Gasteiger partial charge in [0.25, 0.3) is 0 Å². The van der Waals surface area contributed by atoms with Crippen molar-refractivity contribution < 1.29 is 9.59 Å². The number of hydrogen-bond acceptors (Lipinski definition) is 2. The third-order valence-electron chi connectivity index (χ3n) is 3.50. The van der Waals surface area contributed by atoms with Crippen molar-refractivity contribution in [1.82, 2.24) is 9.47 Å². The van der Waals surface area contributed by atoms with Gasteiger partial charge in [0.2, 0.25) is 11.8 Å². The summed E-state index contributed by atoms with van der Waals surface area (Å²) in [6.07, 6.45) is 5.70. The summed E-state index contributed by atoms with van der Waals surface area (Å²) in [6.45, 7) is 1.28. The predicted octanol–water partition coefficient (Wildman–Crippen LogP) is 0.292. The number of nitrogens with zero attached hydrogens (tertiary/aromatic N) is 2. The molecule has 2 amide bonds. The predicted molar refractivity (Wildman–Crippen MR) is 67.6 cm³/mol. The first-order valence-corrected chi connectivity index (χ1v) is 6.24. The van der Waals surface area contributed by atoms with Crippen LogP contribution in [0.2, 0.25) is 0 Å². The molecule has 0 aliphatic carbocycles. The number of amides is 2. The summed E-state index contributed by atoms with van der Waals surface area (Å²) < 4.78 is 1.93. The van der Waals surface area contributed by atoms with E-state index < -0.39 is 0 Å². The molecule has 5 nitrogen and oxygen atoms in total. The van der Waals surface area contributed by atoms with Gasteiger partial charge < -0.3 is 15.2 Å². The zero-order valence-corrected chi connectivity index (χ0v) is 10.6. The number of primary amides is 1. The van der Waals surface area contributed by atoms with E-state index in [1.165, 1.54) is 0 Å². The summed E-state index contributed by atoms with van der Waals surface area (Å²) in [5.41, 5.74) is 6.30. The Morgan fingerprint density at radius 3 is 2.56 bits per heavy atom. The van der Waals surface area contributed by atoms with Gasteiger partial charge in [0, 0.05) is 38.4 Å². The molecule has 2 N–H and O–H groups in total. The lowest BCUT2D eigenvalue weighted by molar-refractivity contribution is -0.134. The van der Waals surface area contributed by atoms with E-state index in [0.717, 1.165) is 5.56 Å². The van der Waals surface area contributed by atoms with Gasteiger partial charge in [0.05, 0.1) is 6.42 Å². The van der Waals surface area contributed by atoms with Gasteiger partial charge in [-0.3, -0.25) is 9.59 Å². The van der Waals surface area contributed by atoms with Gasteiger partial charge in [0.1, 0.15) is 0 Å². The lowest BCUT2D eigenvalue weighted by Crippen LogP contribution is -2.42. The molecule has 98 valence electrons. The number of carbonyl (C=O) groups is 2. The number of rotatable bonds is 3. The van der Waals surface area contributed by atoms with Gasteiger partial charge in [-0.2, -0.15) is 0 Å².